The number of amides is 1. The largest absolute Gasteiger partial charge is 0.349 e. The van der Waals surface area contributed by atoms with E-state index in [0.29, 0.717) is 29.5 Å². The van der Waals surface area contributed by atoms with Crippen LogP contribution < -0.4 is 11.1 Å². The van der Waals surface area contributed by atoms with Gasteiger partial charge in [-0.2, -0.15) is 0 Å². The van der Waals surface area contributed by atoms with Gasteiger partial charge >= 0.3 is 0 Å². The van der Waals surface area contributed by atoms with Gasteiger partial charge in [0, 0.05) is 30.7 Å². The monoisotopic (exact) mass is 370 g/mol. The second-order valence-electron chi connectivity index (χ2n) is 6.79. The fourth-order valence-electron chi connectivity index (χ4n) is 4.31. The van der Waals surface area contributed by atoms with Gasteiger partial charge in [-0.15, -0.1) is 24.8 Å². The molecule has 132 valence electrons. The van der Waals surface area contributed by atoms with Gasteiger partial charge in [0.15, 0.2) is 0 Å². The Morgan fingerprint density at radius 2 is 1.92 bits per heavy atom. The van der Waals surface area contributed by atoms with Gasteiger partial charge in [0.05, 0.1) is 5.56 Å². The quantitative estimate of drug-likeness (QED) is 0.853. The lowest BCUT2D eigenvalue weighted by molar-refractivity contribution is 0.0755. The van der Waals surface area contributed by atoms with Gasteiger partial charge in [-0.3, -0.25) is 4.79 Å². The highest BCUT2D eigenvalue weighted by atomic mass is 35.5. The minimum atomic E-state index is 0. The van der Waals surface area contributed by atoms with Crippen molar-refractivity contribution >= 4 is 36.4 Å². The normalized spacial score (nSPS) is 28.5. The Balaban J connectivity index is 0.00000104. The molecule has 2 unspecified atom stereocenters. The van der Waals surface area contributed by atoms with Crippen LogP contribution in [0.5, 0.6) is 0 Å². The maximum atomic E-state index is 12.6. The first-order valence-corrected chi connectivity index (χ1v) is 8.20. The fraction of sp³-hybridized carbons (Fsp3) is 0.529. The second kappa shape index (κ2) is 7.72. The summed E-state index contributed by atoms with van der Waals surface area (Å²) >= 11 is 0. The molecule has 2 aliphatic carbocycles. The average molecular weight is 371 g/mol. The number of halogens is 2. The van der Waals surface area contributed by atoms with Crippen molar-refractivity contribution in [1.29, 1.82) is 0 Å². The summed E-state index contributed by atoms with van der Waals surface area (Å²) in [6.07, 6.45) is 11.2. The van der Waals surface area contributed by atoms with Crippen LogP contribution in [0.15, 0.2) is 30.7 Å². The summed E-state index contributed by atoms with van der Waals surface area (Å²) in [5, 5.41) is 3.29. The summed E-state index contributed by atoms with van der Waals surface area (Å²) in [6, 6.07) is 4.33. The average Bonchev–Trinajstić information content (AvgIpc) is 2.95. The Labute approximate surface area is 154 Å². The third-order valence-corrected chi connectivity index (χ3v) is 5.33. The van der Waals surface area contributed by atoms with Crippen molar-refractivity contribution < 1.29 is 4.79 Å². The van der Waals surface area contributed by atoms with Gasteiger partial charge < -0.3 is 15.5 Å². The Morgan fingerprint density at radius 3 is 2.62 bits per heavy atom. The number of rotatable bonds is 2. The molecule has 1 amide bonds. The highest BCUT2D eigenvalue weighted by Crippen LogP contribution is 2.39. The molecule has 2 aliphatic rings. The lowest BCUT2D eigenvalue weighted by atomic mass is 9.67. The van der Waals surface area contributed by atoms with Crippen LogP contribution in [0.2, 0.25) is 0 Å². The van der Waals surface area contributed by atoms with Crippen molar-refractivity contribution in [3.8, 4) is 0 Å². The summed E-state index contributed by atoms with van der Waals surface area (Å²) < 4.78 is 1.88. The minimum Gasteiger partial charge on any atom is -0.349 e. The van der Waals surface area contributed by atoms with E-state index in [4.69, 9.17) is 5.73 Å². The van der Waals surface area contributed by atoms with E-state index in [1.807, 2.05) is 28.9 Å². The zero-order valence-corrected chi connectivity index (χ0v) is 15.1. The molecule has 2 fully saturated rings. The van der Waals surface area contributed by atoms with Crippen LogP contribution in [-0.4, -0.2) is 27.4 Å². The van der Waals surface area contributed by atoms with Crippen molar-refractivity contribution in [3.63, 3.8) is 0 Å². The van der Waals surface area contributed by atoms with Gasteiger partial charge in [-0.05, 0) is 49.7 Å². The lowest BCUT2D eigenvalue weighted by Gasteiger charge is -2.45. The molecular weight excluding hydrogens is 347 g/mol. The molecule has 2 heterocycles. The molecule has 3 N–H and O–H groups in total. The number of hydrogen-bond donors (Lipinski definition) is 2. The molecule has 2 saturated carbocycles. The fourth-order valence-corrected chi connectivity index (χ4v) is 4.31. The van der Waals surface area contributed by atoms with Crippen molar-refractivity contribution in [2.75, 3.05) is 0 Å². The van der Waals surface area contributed by atoms with E-state index in [0.717, 1.165) is 18.5 Å². The molecule has 2 bridgehead atoms. The number of aromatic nitrogens is 2. The first-order valence-electron chi connectivity index (χ1n) is 8.20. The number of nitrogens with two attached hydrogens (primary N) is 1. The summed E-state index contributed by atoms with van der Waals surface area (Å²) in [7, 11) is 0. The predicted molar refractivity (Wildman–Crippen MR) is 99.0 cm³/mol. The number of fused-ring (bicyclic) bond motifs is 3. The van der Waals surface area contributed by atoms with Crippen molar-refractivity contribution in [2.24, 2.45) is 17.6 Å². The summed E-state index contributed by atoms with van der Waals surface area (Å²) in [6.45, 7) is 0. The number of nitrogens with one attached hydrogen (secondary N) is 1. The molecule has 0 radical (unpaired) electrons. The number of pyridine rings is 1. The molecule has 0 aliphatic heterocycles. The minimum absolute atomic E-state index is 0. The molecule has 5 nitrogen and oxygen atoms in total. The Bertz CT molecular complexity index is 691. The van der Waals surface area contributed by atoms with E-state index in [2.05, 4.69) is 10.3 Å². The molecule has 0 aromatic carbocycles. The van der Waals surface area contributed by atoms with Gasteiger partial charge in [-0.25, -0.2) is 4.98 Å². The molecular formula is C17H24Cl2N4O. The summed E-state index contributed by atoms with van der Waals surface area (Å²) in [4.78, 5) is 16.8. The van der Waals surface area contributed by atoms with Crippen molar-refractivity contribution in [3.05, 3.63) is 36.3 Å². The highest BCUT2D eigenvalue weighted by Gasteiger charge is 2.39. The maximum absolute atomic E-state index is 12.6. The SMILES string of the molecule is Cl.Cl.NC1CC2CCCC(C1)C2NC(=O)c1ccc2nccn2c1. The number of carbonyl (C=O) groups is 1. The highest BCUT2D eigenvalue weighted by molar-refractivity contribution is 5.94. The van der Waals surface area contributed by atoms with E-state index in [-0.39, 0.29) is 30.7 Å². The van der Waals surface area contributed by atoms with Crippen LogP contribution >= 0.6 is 24.8 Å². The molecule has 0 saturated heterocycles. The second-order valence-corrected chi connectivity index (χ2v) is 6.79. The zero-order chi connectivity index (χ0) is 15.1. The molecule has 2 aromatic heterocycles. The van der Waals surface area contributed by atoms with E-state index < -0.39 is 0 Å². The lowest BCUT2D eigenvalue weighted by Crippen LogP contribution is -2.53. The molecule has 24 heavy (non-hydrogen) atoms. The van der Waals surface area contributed by atoms with E-state index in [1.165, 1.54) is 19.3 Å². The molecule has 2 atom stereocenters. The van der Waals surface area contributed by atoms with Crippen molar-refractivity contribution in [2.45, 2.75) is 44.2 Å². The summed E-state index contributed by atoms with van der Waals surface area (Å²) in [5.41, 5.74) is 7.71. The standard InChI is InChI=1S/C17H22N4O.2ClH/c18-14-8-11-2-1-3-12(9-14)16(11)20-17(22)13-4-5-15-19-6-7-21(15)10-13;;/h4-7,10-12,14,16H,1-3,8-9,18H2,(H,20,22);2*1H. The van der Waals surface area contributed by atoms with Crippen LogP contribution in [0.1, 0.15) is 42.5 Å². The van der Waals surface area contributed by atoms with Crippen LogP contribution in [0.25, 0.3) is 5.65 Å². The molecule has 7 heteroatoms. The Hall–Kier alpha value is -1.30. The molecule has 0 spiro atoms. The van der Waals surface area contributed by atoms with Crippen molar-refractivity contribution in [1.82, 2.24) is 14.7 Å². The van der Waals surface area contributed by atoms with E-state index in [9.17, 15) is 4.79 Å². The van der Waals surface area contributed by atoms with Crippen LogP contribution in [-0.2, 0) is 0 Å². The van der Waals surface area contributed by atoms with Crippen LogP contribution in [0.3, 0.4) is 0 Å². The van der Waals surface area contributed by atoms with E-state index in [1.54, 1.807) is 6.20 Å². The van der Waals surface area contributed by atoms with Gasteiger partial charge in [0.1, 0.15) is 5.65 Å². The number of hydrogen-bond acceptors (Lipinski definition) is 3. The number of imidazole rings is 1. The van der Waals surface area contributed by atoms with Crippen LogP contribution in [0, 0.1) is 11.8 Å². The van der Waals surface area contributed by atoms with E-state index >= 15 is 0 Å². The topological polar surface area (TPSA) is 72.4 Å². The molecule has 4 rings (SSSR count). The Kier molecular flexibility index (Phi) is 6.12. The first-order chi connectivity index (χ1) is 10.7. The van der Waals surface area contributed by atoms with Crippen LogP contribution in [0.4, 0.5) is 0 Å². The third kappa shape index (κ3) is 3.53. The number of carbonyl (C=O) groups excluding carboxylic acids is 1. The summed E-state index contributed by atoms with van der Waals surface area (Å²) in [5.74, 6) is 1.11. The van der Waals surface area contributed by atoms with Gasteiger partial charge in [0.25, 0.3) is 5.91 Å². The smallest absolute Gasteiger partial charge is 0.253 e. The predicted octanol–water partition coefficient (Wildman–Crippen LogP) is 2.81. The molecule has 2 aromatic rings. The first kappa shape index (κ1) is 19.0. The zero-order valence-electron chi connectivity index (χ0n) is 13.4. The Morgan fingerprint density at radius 1 is 1.21 bits per heavy atom. The maximum Gasteiger partial charge on any atom is 0.253 e. The third-order valence-electron chi connectivity index (χ3n) is 5.33. The van der Waals surface area contributed by atoms with Gasteiger partial charge in [-0.1, -0.05) is 6.42 Å². The number of nitrogens with zero attached hydrogens (tertiary/aromatic N) is 2. The van der Waals surface area contributed by atoms with Gasteiger partial charge in [0.2, 0.25) is 0 Å².